The number of para-hydroxylation sites is 1. The third-order valence-corrected chi connectivity index (χ3v) is 10.2. The minimum atomic E-state index is -0.106. The van der Waals surface area contributed by atoms with Crippen molar-refractivity contribution in [1.82, 2.24) is 15.2 Å². The molecule has 2 unspecified atom stereocenters. The maximum Gasteiger partial charge on any atom is 0.131 e. The Balaban J connectivity index is 1.15. The number of rotatable bonds is 4. The Morgan fingerprint density at radius 1 is 0.659 bits per heavy atom. The predicted octanol–water partition coefficient (Wildman–Crippen LogP) is 9.39. The second-order valence-electron chi connectivity index (χ2n) is 11.6. The number of fused-ring (bicyclic) bond motifs is 7. The van der Waals surface area contributed by atoms with Gasteiger partial charge in [-0.1, -0.05) is 109 Å². The van der Waals surface area contributed by atoms with Crippen molar-refractivity contribution < 1.29 is 0 Å². The highest BCUT2D eigenvalue weighted by Gasteiger charge is 2.28. The number of nitrogens with one attached hydrogen (secondary N) is 2. The van der Waals surface area contributed by atoms with Crippen LogP contribution in [0.4, 0.5) is 0 Å². The summed E-state index contributed by atoms with van der Waals surface area (Å²) in [6, 6.07) is 43.3. The fourth-order valence-corrected chi connectivity index (χ4v) is 8.17. The number of allylic oxidation sites excluding steroid dienone is 3. The molecule has 0 fully saturated rings. The number of thiophene rings is 1. The van der Waals surface area contributed by atoms with Gasteiger partial charge in [0.05, 0.1) is 11.0 Å². The van der Waals surface area contributed by atoms with E-state index >= 15 is 0 Å². The van der Waals surface area contributed by atoms with E-state index in [0.717, 1.165) is 24.2 Å². The van der Waals surface area contributed by atoms with E-state index in [4.69, 9.17) is 4.99 Å². The van der Waals surface area contributed by atoms with Crippen molar-refractivity contribution in [3.63, 3.8) is 0 Å². The van der Waals surface area contributed by atoms with Gasteiger partial charge in [0.2, 0.25) is 0 Å². The molecule has 0 saturated carbocycles. The molecule has 2 aromatic heterocycles. The van der Waals surface area contributed by atoms with Gasteiger partial charge in [-0.15, -0.1) is 11.3 Å². The first-order valence-corrected chi connectivity index (χ1v) is 16.1. The first-order valence-electron chi connectivity index (χ1n) is 15.3. The monoisotopic (exact) mass is 586 g/mol. The molecule has 5 heteroatoms. The highest BCUT2D eigenvalue weighted by molar-refractivity contribution is 7.26. The van der Waals surface area contributed by atoms with Crippen molar-refractivity contribution in [2.24, 2.45) is 4.99 Å². The second-order valence-corrected chi connectivity index (χ2v) is 12.6. The second kappa shape index (κ2) is 10.3. The Kier molecular flexibility index (Phi) is 6.00. The quantitative estimate of drug-likeness (QED) is 0.216. The van der Waals surface area contributed by atoms with E-state index in [1.165, 1.54) is 58.8 Å². The summed E-state index contributed by atoms with van der Waals surface area (Å²) in [7, 11) is 0. The molecule has 1 aliphatic heterocycles. The molecule has 1 aliphatic carbocycles. The standard InChI is InChI=1S/C39H30N4S/c1-3-11-25(12-4-1)37-40-38(26-13-5-2-6-14-26)42-39(41-37)27-19-21-28(22-20-27)43-32-17-9-7-16-31(32)35-33(43)24-23-30-29-15-8-10-18-34(29)44-36(30)35/h1-19,21,23-24,37,39,41H,20,22H2,(H,40,42). The van der Waals surface area contributed by atoms with Gasteiger partial charge >= 0.3 is 0 Å². The van der Waals surface area contributed by atoms with Crippen molar-refractivity contribution in [3.8, 4) is 0 Å². The molecule has 0 saturated heterocycles. The maximum absolute atomic E-state index is 5.19. The molecule has 7 aromatic rings. The van der Waals surface area contributed by atoms with Gasteiger partial charge in [0.25, 0.3) is 0 Å². The van der Waals surface area contributed by atoms with Crippen molar-refractivity contribution in [2.75, 3.05) is 0 Å². The summed E-state index contributed by atoms with van der Waals surface area (Å²) in [5, 5.41) is 12.8. The summed E-state index contributed by atoms with van der Waals surface area (Å²) < 4.78 is 5.21. The molecule has 2 aliphatic rings. The van der Waals surface area contributed by atoms with E-state index in [0.29, 0.717) is 0 Å². The SMILES string of the molecule is C1=C(C2N=C(c3ccccc3)NC(c3ccccc3)N2)CCC(n2c3ccccc3c3c4sc5ccccc5c4ccc32)=C1. The number of aromatic nitrogens is 1. The van der Waals surface area contributed by atoms with E-state index < -0.39 is 0 Å². The molecule has 2 N–H and O–H groups in total. The average molecular weight is 587 g/mol. The summed E-state index contributed by atoms with van der Waals surface area (Å²) in [6.45, 7) is 0. The third kappa shape index (κ3) is 4.12. The van der Waals surface area contributed by atoms with E-state index in [9.17, 15) is 0 Å². The van der Waals surface area contributed by atoms with Crippen LogP contribution in [0.25, 0.3) is 47.7 Å². The van der Waals surface area contributed by atoms with Crippen molar-refractivity contribution >= 4 is 64.8 Å². The molecular weight excluding hydrogens is 557 g/mol. The van der Waals surface area contributed by atoms with E-state index in [2.05, 4.69) is 143 Å². The lowest BCUT2D eigenvalue weighted by Crippen LogP contribution is -2.49. The van der Waals surface area contributed by atoms with Crippen LogP contribution in [-0.2, 0) is 0 Å². The summed E-state index contributed by atoms with van der Waals surface area (Å²) in [5.41, 5.74) is 7.47. The lowest BCUT2D eigenvalue weighted by atomic mass is 9.98. The van der Waals surface area contributed by atoms with Crippen molar-refractivity contribution in [1.29, 1.82) is 0 Å². The molecule has 0 radical (unpaired) electrons. The van der Waals surface area contributed by atoms with Gasteiger partial charge in [-0.2, -0.15) is 0 Å². The Hall–Kier alpha value is -4.97. The summed E-state index contributed by atoms with van der Waals surface area (Å²) in [6.07, 6.45) is 6.37. The molecule has 5 aromatic carbocycles. The van der Waals surface area contributed by atoms with Crippen LogP contribution in [0.1, 0.15) is 30.1 Å². The zero-order valence-electron chi connectivity index (χ0n) is 24.1. The van der Waals surface area contributed by atoms with Gasteiger partial charge in [0.15, 0.2) is 0 Å². The van der Waals surface area contributed by atoms with Gasteiger partial charge in [0.1, 0.15) is 18.2 Å². The van der Waals surface area contributed by atoms with Crippen LogP contribution < -0.4 is 10.6 Å². The maximum atomic E-state index is 5.19. The molecule has 44 heavy (non-hydrogen) atoms. The number of aliphatic imine (C=N–C) groups is 1. The van der Waals surface area contributed by atoms with Crippen LogP contribution in [-0.4, -0.2) is 16.6 Å². The predicted molar refractivity (Wildman–Crippen MR) is 186 cm³/mol. The Labute approximate surface area is 259 Å². The minimum Gasteiger partial charge on any atom is -0.350 e. The Morgan fingerprint density at radius 2 is 1.41 bits per heavy atom. The van der Waals surface area contributed by atoms with Crippen LogP contribution >= 0.6 is 11.3 Å². The van der Waals surface area contributed by atoms with Gasteiger partial charge in [-0.05, 0) is 48.3 Å². The zero-order valence-corrected chi connectivity index (χ0v) is 24.9. The van der Waals surface area contributed by atoms with Crippen molar-refractivity contribution in [2.45, 2.75) is 25.2 Å². The number of amidine groups is 1. The van der Waals surface area contributed by atoms with Crippen LogP contribution in [0, 0.1) is 0 Å². The molecule has 2 atom stereocenters. The van der Waals surface area contributed by atoms with Gasteiger partial charge < -0.3 is 9.88 Å². The van der Waals surface area contributed by atoms with Gasteiger partial charge in [-0.25, -0.2) is 4.99 Å². The number of hydrogen-bond acceptors (Lipinski definition) is 4. The molecule has 0 spiro atoms. The number of benzene rings is 5. The smallest absolute Gasteiger partial charge is 0.131 e. The van der Waals surface area contributed by atoms with E-state index in [1.54, 1.807) is 0 Å². The topological polar surface area (TPSA) is 41.4 Å². The first-order chi connectivity index (χ1) is 21.8. The van der Waals surface area contributed by atoms with E-state index in [1.807, 2.05) is 17.4 Å². The van der Waals surface area contributed by atoms with Crippen molar-refractivity contribution in [3.05, 3.63) is 150 Å². The molecule has 212 valence electrons. The highest BCUT2D eigenvalue weighted by atomic mass is 32.1. The average Bonchev–Trinajstić information content (AvgIpc) is 3.65. The third-order valence-electron chi connectivity index (χ3n) is 9.02. The van der Waals surface area contributed by atoms with Crippen LogP contribution in [0.15, 0.2) is 144 Å². The molecule has 0 amide bonds. The molecule has 0 bridgehead atoms. The first kappa shape index (κ1) is 25.5. The lowest BCUT2D eigenvalue weighted by molar-refractivity contribution is 0.425. The largest absolute Gasteiger partial charge is 0.350 e. The molecular formula is C39H30N4S. The Morgan fingerprint density at radius 3 is 2.23 bits per heavy atom. The fourth-order valence-electron chi connectivity index (χ4n) is 6.91. The van der Waals surface area contributed by atoms with E-state index in [-0.39, 0.29) is 12.3 Å². The number of nitrogens with zero attached hydrogens (tertiary/aromatic N) is 2. The normalized spacial score (nSPS) is 18.8. The minimum absolute atomic E-state index is 0.0266. The fraction of sp³-hybridized carbons (Fsp3) is 0.103. The molecule has 4 nitrogen and oxygen atoms in total. The summed E-state index contributed by atoms with van der Waals surface area (Å²) >= 11 is 1.91. The lowest BCUT2D eigenvalue weighted by Gasteiger charge is -2.34. The van der Waals surface area contributed by atoms with Gasteiger partial charge in [0, 0.05) is 42.2 Å². The zero-order chi connectivity index (χ0) is 29.0. The van der Waals surface area contributed by atoms with Gasteiger partial charge in [-0.3, -0.25) is 5.32 Å². The van der Waals surface area contributed by atoms with Crippen LogP contribution in [0.5, 0.6) is 0 Å². The summed E-state index contributed by atoms with van der Waals surface area (Å²) in [5.74, 6) is 0.925. The molecule has 3 heterocycles. The number of hydrogen-bond donors (Lipinski definition) is 2. The highest BCUT2D eigenvalue weighted by Crippen LogP contribution is 2.44. The van der Waals surface area contributed by atoms with Crippen LogP contribution in [0.3, 0.4) is 0 Å². The summed E-state index contributed by atoms with van der Waals surface area (Å²) in [4.78, 5) is 5.19. The molecule has 9 rings (SSSR count). The Bertz CT molecular complexity index is 2290. The van der Waals surface area contributed by atoms with Crippen LogP contribution in [0.2, 0.25) is 0 Å².